The molecular weight excluding hydrogens is 903 g/mol. The summed E-state index contributed by atoms with van der Waals surface area (Å²) >= 11 is 0. The third-order valence-electron chi connectivity index (χ3n) is 15.9. The Hall–Kier alpha value is -2.43. The van der Waals surface area contributed by atoms with Crippen molar-refractivity contribution in [3.05, 3.63) is 85.5 Å². The van der Waals surface area contributed by atoms with Gasteiger partial charge in [-0.05, 0) is 142 Å². The summed E-state index contributed by atoms with van der Waals surface area (Å²) in [6.07, 6.45) is 53.8. The van der Waals surface area contributed by atoms with Gasteiger partial charge in [-0.15, -0.1) is 0 Å². The Morgan fingerprint density at radius 1 is 0.352 bits per heavy atom. The molecule has 1 aliphatic heterocycles. The van der Waals surface area contributed by atoms with Gasteiger partial charge in [0.15, 0.2) is 0 Å². The molecule has 0 saturated carbocycles. The number of aryl methyl sites for hydroxylation is 4. The van der Waals surface area contributed by atoms with E-state index in [9.17, 15) is 5.53 Å². The number of nitrogens with zero attached hydrogens (tertiary/aromatic N) is 2. The van der Waals surface area contributed by atoms with Gasteiger partial charge >= 0.3 is 0 Å². The summed E-state index contributed by atoms with van der Waals surface area (Å²) in [7, 11) is 0. The fraction of sp³-hybridized carbons (Fsp3) is 0.735. The number of hydrogen-bond donors (Lipinski definition) is 0. The van der Waals surface area contributed by atoms with Crippen LogP contribution >= 0.6 is 0 Å². The molecule has 0 unspecified atom stereocenters. The van der Waals surface area contributed by atoms with E-state index in [0.717, 1.165) is 80.3 Å². The number of rotatable bonds is 43. The Balaban J connectivity index is 0.0000173. The smallest absolute Gasteiger partial charge is 0.223 e. The van der Waals surface area contributed by atoms with Crippen LogP contribution in [0.15, 0.2) is 35.4 Å². The van der Waals surface area contributed by atoms with Gasteiger partial charge < -0.3 is 5.53 Å². The average Bonchev–Trinajstić information content (AvgIpc) is 3.64. The van der Waals surface area contributed by atoms with E-state index in [1.807, 2.05) is 0 Å². The van der Waals surface area contributed by atoms with E-state index < -0.39 is 0 Å². The van der Waals surface area contributed by atoms with Crippen molar-refractivity contribution in [2.24, 2.45) is 0 Å². The molecule has 0 fully saturated rings. The normalized spacial score (nSPS) is 12.6. The van der Waals surface area contributed by atoms with E-state index in [0.29, 0.717) is 0 Å². The van der Waals surface area contributed by atoms with E-state index >= 15 is 0 Å². The predicted octanol–water partition coefficient (Wildman–Crippen LogP) is 22.6. The fourth-order valence-electron chi connectivity index (χ4n) is 11.1. The molecule has 0 radical (unpaired) electrons. The Kier molecular flexibility index (Phi) is 38.1. The topological polar surface area (TPSA) is 25.3 Å². The van der Waals surface area contributed by atoms with Crippen molar-refractivity contribution in [2.75, 3.05) is 0 Å². The molecule has 404 valence electrons. The van der Waals surface area contributed by atoms with Crippen LogP contribution in [0.5, 0.6) is 0 Å². The molecule has 0 amide bonds. The number of hydrogen-bond acceptors (Lipinski definition) is 0. The molecule has 0 aromatic heterocycles. The zero-order valence-electron chi connectivity index (χ0n) is 48.2. The first-order chi connectivity index (χ1) is 34.4. The Bertz CT molecular complexity index is 1780. The Labute approximate surface area is 452 Å². The van der Waals surface area contributed by atoms with Crippen LogP contribution in [-0.4, -0.2) is 4.70 Å². The van der Waals surface area contributed by atoms with Gasteiger partial charge in [-0.1, -0.05) is 246 Å². The van der Waals surface area contributed by atoms with Gasteiger partial charge in [0.1, 0.15) is 5.57 Å². The molecule has 0 saturated heterocycles. The summed E-state index contributed by atoms with van der Waals surface area (Å²) in [4.78, 5) is 0. The summed E-state index contributed by atoms with van der Waals surface area (Å²) in [6, 6.07) is 9.87. The van der Waals surface area contributed by atoms with Crippen molar-refractivity contribution in [1.82, 2.24) is 0 Å². The first kappa shape index (κ1) is 64.7. The average molecular weight is 1020 g/mol. The minimum Gasteiger partial charge on any atom is -0.493 e. The van der Waals surface area contributed by atoms with E-state index in [4.69, 9.17) is 0 Å². The van der Waals surface area contributed by atoms with Crippen LogP contribution in [0.25, 0.3) is 16.9 Å². The summed E-state index contributed by atoms with van der Waals surface area (Å²) in [6.45, 7) is 18.6. The molecule has 0 spiro atoms. The van der Waals surface area contributed by atoms with Gasteiger partial charge in [0.05, 0.1) is 0 Å². The van der Waals surface area contributed by atoms with E-state index in [1.165, 1.54) is 256 Å². The Morgan fingerprint density at radius 3 is 0.958 bits per heavy atom. The molecule has 0 N–H and O–H groups in total. The minimum atomic E-state index is 0. The molecule has 3 rings (SSSR count). The molecule has 0 atom stereocenters. The minimum absolute atomic E-state index is 0. The molecule has 2 nitrogen and oxygen atoms in total. The molecule has 2 aromatic carbocycles. The molecule has 0 aliphatic carbocycles. The maximum atomic E-state index is 13.0. The van der Waals surface area contributed by atoms with Crippen LogP contribution in [0.2, 0.25) is 0 Å². The second kappa shape index (κ2) is 41.9. The first-order valence-electron chi connectivity index (χ1n) is 31.1. The zero-order chi connectivity index (χ0) is 50.4. The van der Waals surface area contributed by atoms with Gasteiger partial charge in [-0.3, -0.25) is 0 Å². The zero-order valence-corrected chi connectivity index (χ0v) is 49.2. The van der Waals surface area contributed by atoms with E-state index in [1.54, 1.807) is 4.70 Å². The number of unbranched alkanes of at least 4 members (excludes halogenated alkanes) is 31. The molecule has 1 aliphatic rings. The maximum Gasteiger partial charge on any atom is 0.223 e. The van der Waals surface area contributed by atoms with Gasteiger partial charge in [-0.2, -0.15) is 0 Å². The van der Waals surface area contributed by atoms with Crippen LogP contribution in [0.3, 0.4) is 0 Å². The molecule has 71 heavy (non-hydrogen) atoms. The van der Waals surface area contributed by atoms with Crippen molar-refractivity contribution < 1.29 is 21.2 Å². The van der Waals surface area contributed by atoms with Crippen molar-refractivity contribution >= 4 is 11.4 Å². The standard InChI is InChI=1S/C68H112N2.Ni/c1-9-15-21-26-27-28-29-30-31-32-33-34-35-36-37-38-39-40-41-46-52-66-65(51-20-14-6)67(63-53-59(47-42-22-16-10-2)57(7)60(54-63)48-43-23-17-11-3)70(69)68(66)64-55-61(49-44-24-18-12-4)58(8)62(56-64)50-45-25-19-13-5;/h53-56H,9-45,47-51H2,1-8H3;. The summed E-state index contributed by atoms with van der Waals surface area (Å²) in [5, 5.41) is 0. The van der Waals surface area contributed by atoms with Gasteiger partial charge in [0, 0.05) is 39.6 Å². The van der Waals surface area contributed by atoms with Crippen LogP contribution in [-0.2, 0) is 42.2 Å². The van der Waals surface area contributed by atoms with E-state index in [2.05, 4.69) is 91.5 Å². The number of allylic oxidation sites excluding steroid dienone is 2. The third-order valence-corrected chi connectivity index (χ3v) is 15.9. The monoisotopic (exact) mass is 1010 g/mol. The van der Waals surface area contributed by atoms with Crippen LogP contribution in [0, 0.1) is 25.7 Å². The molecular formula is C68H112N2Ni. The van der Waals surface area contributed by atoms with Crippen molar-refractivity contribution in [2.45, 2.75) is 325 Å². The predicted molar refractivity (Wildman–Crippen MR) is 312 cm³/mol. The summed E-state index contributed by atoms with van der Waals surface area (Å²) in [5.41, 5.74) is 28.5. The van der Waals surface area contributed by atoms with Gasteiger partial charge in [-0.25, -0.2) is 4.70 Å². The van der Waals surface area contributed by atoms with Crippen molar-refractivity contribution in [3.8, 4) is 11.8 Å². The SMILES string of the molecule is CCCCCCCCCCCCCCCCCCCCC#CC1=C(c2cc(CCCCCC)c(C)c(CCCCCC)c2)[N+](=[N-])C(c2cc(CCCCCC)c(C)c(CCCCCC)c2)=C1CCCC.[Ni]. The first-order valence-corrected chi connectivity index (χ1v) is 31.1. The number of benzene rings is 2. The maximum absolute atomic E-state index is 13.0. The van der Waals surface area contributed by atoms with Gasteiger partial charge in [0.25, 0.3) is 0 Å². The fourth-order valence-corrected chi connectivity index (χ4v) is 11.1. The second-order valence-electron chi connectivity index (χ2n) is 22.1. The van der Waals surface area contributed by atoms with Crippen molar-refractivity contribution in [3.63, 3.8) is 0 Å². The van der Waals surface area contributed by atoms with Crippen molar-refractivity contribution in [1.29, 1.82) is 0 Å². The molecule has 1 heterocycles. The summed E-state index contributed by atoms with van der Waals surface area (Å²) < 4.78 is 1.64. The molecule has 2 aromatic rings. The molecule has 0 bridgehead atoms. The second-order valence-corrected chi connectivity index (χ2v) is 22.1. The van der Waals surface area contributed by atoms with Crippen LogP contribution in [0.1, 0.15) is 330 Å². The van der Waals surface area contributed by atoms with Crippen LogP contribution < -0.4 is 0 Å². The largest absolute Gasteiger partial charge is 0.493 e. The third kappa shape index (κ3) is 25.1. The van der Waals surface area contributed by atoms with Crippen LogP contribution in [0.4, 0.5) is 0 Å². The molecule has 3 heteroatoms. The Morgan fingerprint density at radius 2 is 0.634 bits per heavy atom. The van der Waals surface area contributed by atoms with Gasteiger partial charge in [0.2, 0.25) is 11.4 Å². The summed E-state index contributed by atoms with van der Waals surface area (Å²) in [5.74, 6) is 7.61. The van der Waals surface area contributed by atoms with E-state index in [-0.39, 0.29) is 16.5 Å². The quantitative estimate of drug-likeness (QED) is 0.0274.